The molecule has 0 aliphatic heterocycles. The minimum Gasteiger partial charge on any atom is -0.508 e. The zero-order valence-corrected chi connectivity index (χ0v) is 13.0. The first-order valence-corrected chi connectivity index (χ1v) is 7.73. The van der Waals surface area contributed by atoms with Crippen molar-refractivity contribution >= 4 is 11.9 Å². The highest BCUT2D eigenvalue weighted by Gasteiger charge is 2.28. The maximum atomic E-state index is 11.9. The quantitative estimate of drug-likeness (QED) is 0.838. The van der Waals surface area contributed by atoms with Gasteiger partial charge in [-0.15, -0.1) is 0 Å². The van der Waals surface area contributed by atoms with E-state index in [-0.39, 0.29) is 29.9 Å². The summed E-state index contributed by atoms with van der Waals surface area (Å²) in [7, 11) is 0. The fourth-order valence-corrected chi connectivity index (χ4v) is 2.88. The molecule has 0 saturated heterocycles. The summed E-state index contributed by atoms with van der Waals surface area (Å²) < 4.78 is 4.99. The molecule has 0 spiro atoms. The number of ether oxygens (including phenoxy) is 1. The van der Waals surface area contributed by atoms with Crippen molar-refractivity contribution in [3.63, 3.8) is 0 Å². The van der Waals surface area contributed by atoms with Crippen LogP contribution in [0, 0.1) is 11.8 Å². The van der Waals surface area contributed by atoms with Crippen molar-refractivity contribution in [3.8, 4) is 5.75 Å². The molecule has 1 aromatic rings. The van der Waals surface area contributed by atoms with Crippen molar-refractivity contribution in [1.82, 2.24) is 5.32 Å². The Balaban J connectivity index is 1.81. The van der Waals surface area contributed by atoms with E-state index in [0.29, 0.717) is 11.8 Å². The molecule has 1 amide bonds. The Hall–Kier alpha value is -2.04. The molecule has 1 aromatic carbocycles. The predicted molar refractivity (Wildman–Crippen MR) is 82.5 cm³/mol. The zero-order chi connectivity index (χ0) is 16.1. The standard InChI is InChI=1S/C17H23NO4/c1-11-5-3-8-15(12(11)2)18-16(20)10-22-17(21)13-6-4-7-14(19)9-13/h4,6-7,9,11-12,15,19H,3,5,8,10H2,1-2H3,(H,18,20)/t11-,12-,15-/m1/s1. The molecule has 1 aliphatic rings. The second-order valence-corrected chi connectivity index (χ2v) is 6.07. The van der Waals surface area contributed by atoms with Gasteiger partial charge in [0, 0.05) is 6.04 Å². The minimum absolute atomic E-state index is 0.0103. The molecule has 1 aliphatic carbocycles. The van der Waals surface area contributed by atoms with Gasteiger partial charge in [0.2, 0.25) is 0 Å². The first-order valence-electron chi connectivity index (χ1n) is 7.73. The normalized spacial score (nSPS) is 24.5. The SMILES string of the molecule is C[C@@H]1[C@H](C)CCC[C@H]1NC(=O)COC(=O)c1cccc(O)c1. The lowest BCUT2D eigenvalue weighted by atomic mass is 9.78. The van der Waals surface area contributed by atoms with Crippen LogP contribution in [0.4, 0.5) is 0 Å². The first-order chi connectivity index (χ1) is 10.5. The van der Waals surface area contributed by atoms with Crippen LogP contribution in [-0.2, 0) is 9.53 Å². The third kappa shape index (κ3) is 4.23. The third-order valence-electron chi connectivity index (χ3n) is 4.47. The molecule has 1 fully saturated rings. The molecule has 0 radical (unpaired) electrons. The van der Waals surface area contributed by atoms with Crippen LogP contribution in [0.5, 0.6) is 5.75 Å². The number of phenols is 1. The van der Waals surface area contributed by atoms with Crippen LogP contribution in [0.15, 0.2) is 24.3 Å². The summed E-state index contributed by atoms with van der Waals surface area (Å²) in [5.74, 6) is 0.118. The Morgan fingerprint density at radius 1 is 1.32 bits per heavy atom. The number of nitrogens with one attached hydrogen (secondary N) is 1. The summed E-state index contributed by atoms with van der Waals surface area (Å²) >= 11 is 0. The predicted octanol–water partition coefficient (Wildman–Crippen LogP) is 2.49. The molecule has 3 atom stereocenters. The van der Waals surface area contributed by atoms with E-state index in [1.807, 2.05) is 0 Å². The average molecular weight is 305 g/mol. The van der Waals surface area contributed by atoms with Gasteiger partial charge in [-0.25, -0.2) is 4.79 Å². The summed E-state index contributed by atoms with van der Waals surface area (Å²) in [5, 5.41) is 12.3. The fraction of sp³-hybridized carbons (Fsp3) is 0.529. The van der Waals surface area contributed by atoms with Crippen LogP contribution in [0.2, 0.25) is 0 Å². The average Bonchev–Trinajstić information content (AvgIpc) is 2.49. The number of amides is 1. The van der Waals surface area contributed by atoms with Gasteiger partial charge in [0.25, 0.3) is 5.91 Å². The van der Waals surface area contributed by atoms with Crippen LogP contribution in [0.25, 0.3) is 0 Å². The molecule has 22 heavy (non-hydrogen) atoms. The molecule has 5 heteroatoms. The Bertz CT molecular complexity index is 543. The minimum atomic E-state index is -0.615. The summed E-state index contributed by atoms with van der Waals surface area (Å²) in [6.07, 6.45) is 3.28. The van der Waals surface area contributed by atoms with Gasteiger partial charge in [-0.1, -0.05) is 32.8 Å². The zero-order valence-electron chi connectivity index (χ0n) is 13.0. The Kier molecular flexibility index (Phi) is 5.41. The topological polar surface area (TPSA) is 75.6 Å². The number of esters is 1. The van der Waals surface area contributed by atoms with Crippen LogP contribution in [0.1, 0.15) is 43.5 Å². The van der Waals surface area contributed by atoms with Crippen molar-refractivity contribution in [2.24, 2.45) is 11.8 Å². The van der Waals surface area contributed by atoms with Crippen LogP contribution >= 0.6 is 0 Å². The number of rotatable bonds is 4. The number of hydrogen-bond donors (Lipinski definition) is 2. The number of hydrogen-bond acceptors (Lipinski definition) is 4. The highest BCUT2D eigenvalue weighted by Crippen LogP contribution is 2.29. The van der Waals surface area contributed by atoms with Gasteiger partial charge < -0.3 is 15.2 Å². The molecule has 120 valence electrons. The molecule has 2 N–H and O–H groups in total. The van der Waals surface area contributed by atoms with Crippen molar-refractivity contribution in [3.05, 3.63) is 29.8 Å². The lowest BCUT2D eigenvalue weighted by Crippen LogP contribution is -2.45. The third-order valence-corrected chi connectivity index (χ3v) is 4.47. The Labute approximate surface area is 130 Å². The van der Waals surface area contributed by atoms with Crippen molar-refractivity contribution in [2.75, 3.05) is 6.61 Å². The Morgan fingerprint density at radius 2 is 2.09 bits per heavy atom. The van der Waals surface area contributed by atoms with Gasteiger partial charge >= 0.3 is 5.97 Å². The second-order valence-electron chi connectivity index (χ2n) is 6.07. The molecular weight excluding hydrogens is 282 g/mol. The van der Waals surface area contributed by atoms with E-state index in [0.717, 1.165) is 12.8 Å². The largest absolute Gasteiger partial charge is 0.508 e. The smallest absolute Gasteiger partial charge is 0.338 e. The van der Waals surface area contributed by atoms with E-state index in [1.54, 1.807) is 6.07 Å². The number of phenolic OH excluding ortho intramolecular Hbond substituents is 1. The fourth-order valence-electron chi connectivity index (χ4n) is 2.88. The number of carbonyl (C=O) groups is 2. The van der Waals surface area contributed by atoms with Crippen LogP contribution in [-0.4, -0.2) is 29.6 Å². The summed E-state index contributed by atoms with van der Waals surface area (Å²) in [6, 6.07) is 6.01. The summed E-state index contributed by atoms with van der Waals surface area (Å²) in [4.78, 5) is 23.7. The van der Waals surface area contributed by atoms with Crippen molar-refractivity contribution in [2.45, 2.75) is 39.2 Å². The maximum Gasteiger partial charge on any atom is 0.338 e. The molecule has 0 aromatic heterocycles. The van der Waals surface area contributed by atoms with Gasteiger partial charge in [0.05, 0.1) is 5.56 Å². The van der Waals surface area contributed by atoms with Gasteiger partial charge in [-0.2, -0.15) is 0 Å². The molecule has 2 rings (SSSR count). The number of benzene rings is 1. The molecule has 0 heterocycles. The van der Waals surface area contributed by atoms with E-state index >= 15 is 0 Å². The highest BCUT2D eigenvalue weighted by atomic mass is 16.5. The summed E-state index contributed by atoms with van der Waals surface area (Å²) in [6.45, 7) is 4.05. The van der Waals surface area contributed by atoms with E-state index in [1.165, 1.54) is 24.6 Å². The van der Waals surface area contributed by atoms with E-state index in [9.17, 15) is 14.7 Å². The van der Waals surface area contributed by atoms with Gasteiger partial charge in [0.15, 0.2) is 6.61 Å². The lowest BCUT2D eigenvalue weighted by molar-refractivity contribution is -0.125. The first kappa shape index (κ1) is 16.3. The van der Waals surface area contributed by atoms with Gasteiger partial charge in [0.1, 0.15) is 5.75 Å². The maximum absolute atomic E-state index is 11.9. The second kappa shape index (κ2) is 7.29. The van der Waals surface area contributed by atoms with Gasteiger partial charge in [-0.05, 0) is 36.5 Å². The highest BCUT2D eigenvalue weighted by molar-refractivity contribution is 5.91. The molecular formula is C17H23NO4. The van der Waals surface area contributed by atoms with Crippen LogP contribution < -0.4 is 5.32 Å². The van der Waals surface area contributed by atoms with Crippen molar-refractivity contribution in [1.29, 1.82) is 0 Å². The van der Waals surface area contributed by atoms with E-state index in [2.05, 4.69) is 19.2 Å². The van der Waals surface area contributed by atoms with E-state index in [4.69, 9.17) is 4.74 Å². The molecule has 0 bridgehead atoms. The molecule has 5 nitrogen and oxygen atoms in total. The molecule has 1 saturated carbocycles. The number of aromatic hydroxyl groups is 1. The van der Waals surface area contributed by atoms with Crippen molar-refractivity contribution < 1.29 is 19.4 Å². The lowest BCUT2D eigenvalue weighted by Gasteiger charge is -2.34. The van der Waals surface area contributed by atoms with E-state index < -0.39 is 5.97 Å². The summed E-state index contributed by atoms with van der Waals surface area (Å²) in [5.41, 5.74) is 0.229. The monoisotopic (exact) mass is 305 g/mol. The number of carbonyl (C=O) groups excluding carboxylic acids is 2. The molecule has 0 unspecified atom stereocenters. The van der Waals surface area contributed by atoms with Gasteiger partial charge in [-0.3, -0.25) is 4.79 Å². The van der Waals surface area contributed by atoms with Crippen LogP contribution in [0.3, 0.4) is 0 Å². The Morgan fingerprint density at radius 3 is 2.82 bits per heavy atom.